The van der Waals surface area contributed by atoms with Gasteiger partial charge < -0.3 is 10.2 Å². The van der Waals surface area contributed by atoms with Crippen LogP contribution in [0.4, 0.5) is 0 Å². The van der Waals surface area contributed by atoms with E-state index in [1.54, 1.807) is 6.92 Å². The number of rotatable bonds is 5. The van der Waals surface area contributed by atoms with Crippen LogP contribution in [-0.2, 0) is 9.59 Å². The van der Waals surface area contributed by atoms with Gasteiger partial charge in [0.25, 0.3) is 0 Å². The van der Waals surface area contributed by atoms with Crippen molar-refractivity contribution in [1.82, 2.24) is 0 Å². The molecule has 4 nitrogen and oxygen atoms in total. The lowest BCUT2D eigenvalue weighted by Gasteiger charge is -2.15. The molecule has 0 aliphatic heterocycles. The minimum absolute atomic E-state index is 0.0539. The predicted molar refractivity (Wildman–Crippen MR) is 52.0 cm³/mol. The van der Waals surface area contributed by atoms with Crippen molar-refractivity contribution in [3.8, 4) is 0 Å². The molecule has 0 spiro atoms. The van der Waals surface area contributed by atoms with Crippen LogP contribution in [0.5, 0.6) is 0 Å². The zero-order chi connectivity index (χ0) is 11.3. The molecule has 0 amide bonds. The molecule has 2 N–H and O–H groups in total. The van der Waals surface area contributed by atoms with Crippen LogP contribution >= 0.6 is 0 Å². The molecule has 0 aromatic carbocycles. The lowest BCUT2D eigenvalue weighted by molar-refractivity contribution is -0.141. The lowest BCUT2D eigenvalue weighted by atomic mass is 9.90. The molecule has 0 bridgehead atoms. The summed E-state index contributed by atoms with van der Waals surface area (Å²) in [5.74, 6) is -2.81. The van der Waals surface area contributed by atoms with Gasteiger partial charge in [0, 0.05) is 5.57 Å². The zero-order valence-electron chi connectivity index (χ0n) is 8.65. The quantitative estimate of drug-likeness (QED) is 0.663. The van der Waals surface area contributed by atoms with Crippen molar-refractivity contribution in [2.75, 3.05) is 0 Å². The Labute approximate surface area is 83.2 Å². The van der Waals surface area contributed by atoms with Gasteiger partial charge in [-0.05, 0) is 12.8 Å². The molecule has 2 unspecified atom stereocenters. The molecule has 0 aromatic heterocycles. The maximum Gasteiger partial charge on any atom is 0.330 e. The van der Waals surface area contributed by atoms with E-state index in [2.05, 4.69) is 0 Å². The first-order chi connectivity index (χ1) is 6.40. The molecule has 0 radical (unpaired) electrons. The topological polar surface area (TPSA) is 74.6 Å². The molecule has 4 heteroatoms. The zero-order valence-corrected chi connectivity index (χ0v) is 8.65. The van der Waals surface area contributed by atoms with E-state index in [1.807, 2.05) is 6.92 Å². The third kappa shape index (κ3) is 3.60. The number of carboxylic acid groups (broad SMARTS) is 2. The summed E-state index contributed by atoms with van der Waals surface area (Å²) in [6.45, 7) is 5.08. The molecular weight excluding hydrogens is 184 g/mol. The van der Waals surface area contributed by atoms with E-state index in [0.717, 1.165) is 0 Å². The minimum Gasteiger partial charge on any atom is -0.481 e. The van der Waals surface area contributed by atoms with Crippen LogP contribution in [0.1, 0.15) is 27.2 Å². The van der Waals surface area contributed by atoms with Crippen molar-refractivity contribution in [3.63, 3.8) is 0 Å². The second-order valence-corrected chi connectivity index (χ2v) is 3.40. The fraction of sp³-hybridized carbons (Fsp3) is 0.600. The van der Waals surface area contributed by atoms with Crippen LogP contribution in [0.15, 0.2) is 11.6 Å². The Bertz CT molecular complexity index is 255. The summed E-state index contributed by atoms with van der Waals surface area (Å²) in [5, 5.41) is 17.5. The van der Waals surface area contributed by atoms with Crippen LogP contribution in [0.3, 0.4) is 0 Å². The minimum atomic E-state index is -1.07. The van der Waals surface area contributed by atoms with Gasteiger partial charge >= 0.3 is 11.9 Å². The van der Waals surface area contributed by atoms with Gasteiger partial charge in [-0.3, -0.25) is 4.79 Å². The summed E-state index contributed by atoms with van der Waals surface area (Å²) in [6.07, 6.45) is 2.01. The van der Waals surface area contributed by atoms with Gasteiger partial charge in [-0.2, -0.15) is 0 Å². The fourth-order valence-electron chi connectivity index (χ4n) is 1.07. The summed E-state index contributed by atoms with van der Waals surface area (Å²) in [4.78, 5) is 21.3. The Morgan fingerprint density at radius 1 is 1.36 bits per heavy atom. The van der Waals surface area contributed by atoms with Gasteiger partial charge in [-0.25, -0.2) is 4.79 Å². The fourth-order valence-corrected chi connectivity index (χ4v) is 1.07. The van der Waals surface area contributed by atoms with Crippen LogP contribution < -0.4 is 0 Å². The first-order valence-corrected chi connectivity index (χ1v) is 4.54. The van der Waals surface area contributed by atoms with Crippen molar-refractivity contribution in [3.05, 3.63) is 11.6 Å². The molecule has 0 aliphatic carbocycles. The van der Waals surface area contributed by atoms with Crippen molar-refractivity contribution in [2.24, 2.45) is 11.8 Å². The van der Waals surface area contributed by atoms with Crippen LogP contribution in [0, 0.1) is 11.8 Å². The van der Waals surface area contributed by atoms with E-state index in [0.29, 0.717) is 6.42 Å². The molecular formula is C10H16O4. The molecule has 0 aliphatic rings. The van der Waals surface area contributed by atoms with E-state index < -0.39 is 17.9 Å². The number of carbonyl (C=O) groups is 2. The summed E-state index contributed by atoms with van der Waals surface area (Å²) in [7, 11) is 0. The third-order valence-electron chi connectivity index (χ3n) is 2.31. The molecule has 2 atom stereocenters. The highest BCUT2D eigenvalue weighted by Crippen LogP contribution is 2.18. The standard InChI is InChI=1S/C10H16O4/c1-4-6(2)8(10(13)14)5-7(3)9(11)12/h5-6,8H,4H2,1-3H3,(H,11,12)(H,13,14). The molecule has 0 saturated heterocycles. The Hall–Kier alpha value is -1.32. The molecule has 0 aromatic rings. The first kappa shape index (κ1) is 12.7. The van der Waals surface area contributed by atoms with Gasteiger partial charge in [-0.1, -0.05) is 26.3 Å². The molecule has 0 fully saturated rings. The van der Waals surface area contributed by atoms with Crippen molar-refractivity contribution in [1.29, 1.82) is 0 Å². The van der Waals surface area contributed by atoms with E-state index >= 15 is 0 Å². The molecule has 14 heavy (non-hydrogen) atoms. The van der Waals surface area contributed by atoms with E-state index in [9.17, 15) is 9.59 Å². The van der Waals surface area contributed by atoms with Crippen molar-refractivity contribution in [2.45, 2.75) is 27.2 Å². The second kappa shape index (κ2) is 5.42. The Morgan fingerprint density at radius 3 is 2.14 bits per heavy atom. The number of carboxylic acids is 2. The average Bonchev–Trinajstić information content (AvgIpc) is 2.11. The van der Waals surface area contributed by atoms with Gasteiger partial charge in [0.1, 0.15) is 0 Å². The number of hydrogen-bond donors (Lipinski definition) is 2. The SMILES string of the molecule is CCC(C)C(C=C(C)C(=O)O)C(=O)O. The average molecular weight is 200 g/mol. The van der Waals surface area contributed by atoms with Gasteiger partial charge in [0.2, 0.25) is 0 Å². The molecule has 0 rings (SSSR count). The van der Waals surface area contributed by atoms with Crippen LogP contribution in [-0.4, -0.2) is 22.2 Å². The summed E-state index contributed by atoms with van der Waals surface area (Å²) in [5.41, 5.74) is 0.0812. The second-order valence-electron chi connectivity index (χ2n) is 3.40. The highest BCUT2D eigenvalue weighted by molar-refractivity contribution is 5.87. The largest absolute Gasteiger partial charge is 0.481 e. The lowest BCUT2D eigenvalue weighted by Crippen LogP contribution is -2.20. The molecule has 0 saturated carbocycles. The Kier molecular flexibility index (Phi) is 4.91. The monoisotopic (exact) mass is 200 g/mol. The van der Waals surface area contributed by atoms with Gasteiger partial charge in [-0.15, -0.1) is 0 Å². The van der Waals surface area contributed by atoms with E-state index in [1.165, 1.54) is 13.0 Å². The van der Waals surface area contributed by atoms with Crippen LogP contribution in [0.25, 0.3) is 0 Å². The predicted octanol–water partition coefficient (Wildman–Crippen LogP) is 1.76. The van der Waals surface area contributed by atoms with Gasteiger partial charge in [0.15, 0.2) is 0 Å². The van der Waals surface area contributed by atoms with E-state index in [-0.39, 0.29) is 11.5 Å². The number of aliphatic carboxylic acids is 2. The summed E-state index contributed by atoms with van der Waals surface area (Å²) >= 11 is 0. The van der Waals surface area contributed by atoms with Crippen molar-refractivity contribution < 1.29 is 19.8 Å². The summed E-state index contributed by atoms with van der Waals surface area (Å²) in [6, 6.07) is 0. The maximum absolute atomic E-state index is 10.8. The van der Waals surface area contributed by atoms with Crippen molar-refractivity contribution >= 4 is 11.9 Å². The Balaban J connectivity index is 4.77. The normalized spacial score (nSPS) is 16.1. The highest BCUT2D eigenvalue weighted by atomic mass is 16.4. The first-order valence-electron chi connectivity index (χ1n) is 4.54. The summed E-state index contributed by atoms with van der Waals surface area (Å²) < 4.78 is 0. The van der Waals surface area contributed by atoms with Crippen LogP contribution in [0.2, 0.25) is 0 Å². The highest BCUT2D eigenvalue weighted by Gasteiger charge is 2.21. The molecule has 80 valence electrons. The smallest absolute Gasteiger partial charge is 0.330 e. The molecule has 0 heterocycles. The Morgan fingerprint density at radius 2 is 1.86 bits per heavy atom. The van der Waals surface area contributed by atoms with E-state index in [4.69, 9.17) is 10.2 Å². The third-order valence-corrected chi connectivity index (χ3v) is 2.31. The maximum atomic E-state index is 10.8. The number of hydrogen-bond acceptors (Lipinski definition) is 2. The van der Waals surface area contributed by atoms with Gasteiger partial charge in [0.05, 0.1) is 5.92 Å².